The second-order valence-electron chi connectivity index (χ2n) is 6.85. The van der Waals surface area contributed by atoms with Gasteiger partial charge in [-0.1, -0.05) is 63.9 Å². The first-order valence-electron chi connectivity index (χ1n) is 8.69. The van der Waals surface area contributed by atoms with Crippen LogP contribution >= 0.6 is 0 Å². The Balaban J connectivity index is 2.36. The number of hydrogen-bond acceptors (Lipinski definition) is 2. The van der Waals surface area contributed by atoms with Gasteiger partial charge in [0.2, 0.25) is 0 Å². The van der Waals surface area contributed by atoms with Crippen LogP contribution < -0.4 is 5.73 Å². The molecule has 1 heterocycles. The van der Waals surface area contributed by atoms with Crippen molar-refractivity contribution in [3.05, 3.63) is 35.9 Å². The van der Waals surface area contributed by atoms with Crippen molar-refractivity contribution >= 4 is 0 Å². The Morgan fingerprint density at radius 2 is 1.71 bits per heavy atom. The second-order valence-corrected chi connectivity index (χ2v) is 6.85. The van der Waals surface area contributed by atoms with Crippen LogP contribution in [0.3, 0.4) is 0 Å². The normalized spacial score (nSPS) is 21.2. The molecule has 118 valence electrons. The minimum Gasteiger partial charge on any atom is -0.320 e. The highest BCUT2D eigenvalue weighted by molar-refractivity contribution is 5.27. The van der Waals surface area contributed by atoms with Crippen LogP contribution in [0.4, 0.5) is 0 Å². The zero-order valence-corrected chi connectivity index (χ0v) is 14.0. The van der Waals surface area contributed by atoms with Crippen LogP contribution in [0.5, 0.6) is 0 Å². The Labute approximate surface area is 130 Å². The average molecular weight is 288 g/mol. The SMILES string of the molecule is CCCC(N1CCCCC1)C(N)(c1ccccc1)C(C)C. The van der Waals surface area contributed by atoms with Crippen LogP contribution in [0, 0.1) is 5.92 Å². The van der Waals surface area contributed by atoms with Crippen LogP contribution in [0.1, 0.15) is 58.4 Å². The van der Waals surface area contributed by atoms with Crippen molar-refractivity contribution in [1.82, 2.24) is 4.90 Å². The molecule has 2 heteroatoms. The number of hydrogen-bond donors (Lipinski definition) is 1. The molecule has 2 rings (SSSR count). The van der Waals surface area contributed by atoms with Crippen LogP contribution in [0.2, 0.25) is 0 Å². The highest BCUT2D eigenvalue weighted by Gasteiger charge is 2.42. The number of piperidine rings is 1. The van der Waals surface area contributed by atoms with E-state index >= 15 is 0 Å². The lowest BCUT2D eigenvalue weighted by molar-refractivity contribution is 0.0637. The van der Waals surface area contributed by atoms with Gasteiger partial charge in [0.15, 0.2) is 0 Å². The third kappa shape index (κ3) is 3.49. The number of nitrogens with zero attached hydrogens (tertiary/aromatic N) is 1. The Hall–Kier alpha value is -0.860. The maximum Gasteiger partial charge on any atom is 0.0590 e. The van der Waals surface area contributed by atoms with Gasteiger partial charge in [-0.05, 0) is 43.8 Å². The van der Waals surface area contributed by atoms with Crippen molar-refractivity contribution in [3.63, 3.8) is 0 Å². The Morgan fingerprint density at radius 3 is 2.24 bits per heavy atom. The first-order valence-corrected chi connectivity index (χ1v) is 8.69. The van der Waals surface area contributed by atoms with Crippen molar-refractivity contribution in [2.24, 2.45) is 11.7 Å². The molecule has 1 aromatic carbocycles. The molecule has 1 aliphatic rings. The van der Waals surface area contributed by atoms with Crippen LogP contribution in [0.15, 0.2) is 30.3 Å². The Kier molecular flexibility index (Phi) is 5.83. The van der Waals surface area contributed by atoms with Crippen molar-refractivity contribution in [2.45, 2.75) is 64.5 Å². The molecular weight excluding hydrogens is 256 g/mol. The Bertz CT molecular complexity index is 409. The highest BCUT2D eigenvalue weighted by atomic mass is 15.2. The molecule has 2 N–H and O–H groups in total. The van der Waals surface area contributed by atoms with E-state index in [2.05, 4.69) is 56.0 Å². The van der Waals surface area contributed by atoms with E-state index < -0.39 is 0 Å². The average Bonchev–Trinajstić information content (AvgIpc) is 2.53. The predicted molar refractivity (Wildman–Crippen MR) is 91.3 cm³/mol. The summed E-state index contributed by atoms with van der Waals surface area (Å²) in [4.78, 5) is 2.67. The summed E-state index contributed by atoms with van der Waals surface area (Å²) in [7, 11) is 0. The molecule has 0 saturated carbocycles. The molecule has 2 unspecified atom stereocenters. The van der Waals surface area contributed by atoms with Crippen molar-refractivity contribution in [2.75, 3.05) is 13.1 Å². The highest BCUT2D eigenvalue weighted by Crippen LogP contribution is 2.36. The van der Waals surface area contributed by atoms with Gasteiger partial charge in [-0.2, -0.15) is 0 Å². The summed E-state index contributed by atoms with van der Waals surface area (Å²) >= 11 is 0. The lowest BCUT2D eigenvalue weighted by Gasteiger charge is -2.48. The second kappa shape index (κ2) is 7.42. The molecule has 0 aromatic heterocycles. The van der Waals surface area contributed by atoms with E-state index in [9.17, 15) is 0 Å². The lowest BCUT2D eigenvalue weighted by Crippen LogP contribution is -2.60. The molecule has 1 aromatic rings. The molecule has 0 amide bonds. The number of benzene rings is 1. The van der Waals surface area contributed by atoms with Crippen LogP contribution in [-0.2, 0) is 5.54 Å². The van der Waals surface area contributed by atoms with Gasteiger partial charge < -0.3 is 5.73 Å². The van der Waals surface area contributed by atoms with Gasteiger partial charge in [0.05, 0.1) is 5.54 Å². The molecule has 0 spiro atoms. The number of likely N-dealkylation sites (tertiary alicyclic amines) is 1. The summed E-state index contributed by atoms with van der Waals surface area (Å²) in [5, 5.41) is 0. The zero-order chi connectivity index (χ0) is 15.3. The molecule has 0 aliphatic carbocycles. The van der Waals surface area contributed by atoms with Gasteiger partial charge >= 0.3 is 0 Å². The van der Waals surface area contributed by atoms with Gasteiger partial charge in [-0.15, -0.1) is 0 Å². The van der Waals surface area contributed by atoms with E-state index in [1.165, 1.54) is 50.8 Å². The summed E-state index contributed by atoms with van der Waals surface area (Å²) in [5.74, 6) is 0.429. The third-order valence-corrected chi connectivity index (χ3v) is 5.17. The fourth-order valence-corrected chi connectivity index (χ4v) is 3.86. The molecular formula is C19H32N2. The summed E-state index contributed by atoms with van der Waals surface area (Å²) in [6, 6.07) is 11.2. The van der Waals surface area contributed by atoms with Gasteiger partial charge in [0, 0.05) is 6.04 Å². The lowest BCUT2D eigenvalue weighted by atomic mass is 9.72. The molecule has 1 fully saturated rings. The molecule has 2 atom stereocenters. The molecule has 0 radical (unpaired) electrons. The first-order chi connectivity index (χ1) is 10.1. The molecule has 1 aliphatic heterocycles. The van der Waals surface area contributed by atoms with Gasteiger partial charge in [0.1, 0.15) is 0 Å². The van der Waals surface area contributed by atoms with Gasteiger partial charge in [-0.3, -0.25) is 4.90 Å². The molecule has 2 nitrogen and oxygen atoms in total. The van der Waals surface area contributed by atoms with Crippen molar-refractivity contribution in [3.8, 4) is 0 Å². The van der Waals surface area contributed by atoms with E-state index in [1.807, 2.05) is 0 Å². The van der Waals surface area contributed by atoms with E-state index in [4.69, 9.17) is 5.73 Å². The number of rotatable bonds is 6. The molecule has 21 heavy (non-hydrogen) atoms. The van der Waals surface area contributed by atoms with E-state index in [-0.39, 0.29) is 5.54 Å². The van der Waals surface area contributed by atoms with Crippen molar-refractivity contribution in [1.29, 1.82) is 0 Å². The Morgan fingerprint density at radius 1 is 1.10 bits per heavy atom. The maximum absolute atomic E-state index is 7.08. The summed E-state index contributed by atoms with van der Waals surface area (Å²) in [6.07, 6.45) is 6.40. The van der Waals surface area contributed by atoms with E-state index in [0.29, 0.717) is 12.0 Å². The smallest absolute Gasteiger partial charge is 0.0590 e. The summed E-state index contributed by atoms with van der Waals surface area (Å²) in [5.41, 5.74) is 8.12. The fraction of sp³-hybridized carbons (Fsp3) is 0.684. The molecule has 1 saturated heterocycles. The van der Waals surface area contributed by atoms with Crippen LogP contribution in [0.25, 0.3) is 0 Å². The summed E-state index contributed by atoms with van der Waals surface area (Å²) < 4.78 is 0. The van der Waals surface area contributed by atoms with Crippen LogP contribution in [-0.4, -0.2) is 24.0 Å². The maximum atomic E-state index is 7.08. The van der Waals surface area contributed by atoms with Gasteiger partial charge in [-0.25, -0.2) is 0 Å². The van der Waals surface area contributed by atoms with Gasteiger partial charge in [0.25, 0.3) is 0 Å². The predicted octanol–water partition coefficient (Wildman–Crippen LogP) is 4.15. The fourth-order valence-electron chi connectivity index (χ4n) is 3.86. The zero-order valence-electron chi connectivity index (χ0n) is 14.0. The minimum absolute atomic E-state index is 0.255. The first kappa shape index (κ1) is 16.5. The molecule has 0 bridgehead atoms. The van der Waals surface area contributed by atoms with E-state index in [0.717, 1.165) is 0 Å². The third-order valence-electron chi connectivity index (χ3n) is 5.17. The van der Waals surface area contributed by atoms with E-state index in [1.54, 1.807) is 0 Å². The number of nitrogens with two attached hydrogens (primary N) is 1. The summed E-state index contributed by atoms with van der Waals surface area (Å²) in [6.45, 7) is 9.26. The minimum atomic E-state index is -0.255. The van der Waals surface area contributed by atoms with Crippen molar-refractivity contribution < 1.29 is 0 Å². The topological polar surface area (TPSA) is 29.3 Å². The monoisotopic (exact) mass is 288 g/mol. The largest absolute Gasteiger partial charge is 0.320 e. The quantitative estimate of drug-likeness (QED) is 0.852. The standard InChI is InChI=1S/C19H32N2/c1-4-11-18(21-14-9-6-10-15-21)19(20,16(2)3)17-12-7-5-8-13-17/h5,7-8,12-13,16,18H,4,6,9-11,14-15,20H2,1-3H3.